The Morgan fingerprint density at radius 2 is 1.75 bits per heavy atom. The fourth-order valence-electron chi connectivity index (χ4n) is 2.12. The molecule has 20 heavy (non-hydrogen) atoms. The van der Waals surface area contributed by atoms with Gasteiger partial charge < -0.3 is 14.8 Å². The van der Waals surface area contributed by atoms with Crippen molar-refractivity contribution in [3.63, 3.8) is 0 Å². The minimum Gasteiger partial charge on any atom is -0.490 e. The van der Waals surface area contributed by atoms with Crippen LogP contribution in [0, 0.1) is 5.92 Å². The summed E-state index contributed by atoms with van der Waals surface area (Å²) in [6.45, 7) is 10.8. The molecule has 0 fully saturated rings. The van der Waals surface area contributed by atoms with Gasteiger partial charge >= 0.3 is 0 Å². The van der Waals surface area contributed by atoms with Gasteiger partial charge in [-0.1, -0.05) is 19.9 Å². The molecule has 1 rings (SSSR count). The zero-order valence-corrected chi connectivity index (χ0v) is 13.0. The number of hydrogen-bond donors (Lipinski definition) is 1. The van der Waals surface area contributed by atoms with Gasteiger partial charge in [0.15, 0.2) is 11.5 Å². The standard InChI is InChI=1S/C16H25NO3/c1-6-19-14-9-8-13(10-15(14)20-7-2)16(11(3)4)17-12(5)18/h8-11,16H,6-7H2,1-5H3,(H,17,18). The zero-order chi connectivity index (χ0) is 15.1. The van der Waals surface area contributed by atoms with Crippen molar-refractivity contribution in [3.05, 3.63) is 23.8 Å². The van der Waals surface area contributed by atoms with E-state index in [0.717, 1.165) is 17.1 Å². The van der Waals surface area contributed by atoms with Gasteiger partial charge in [-0.05, 0) is 37.5 Å². The van der Waals surface area contributed by atoms with Crippen LogP contribution in [0.4, 0.5) is 0 Å². The quantitative estimate of drug-likeness (QED) is 0.833. The molecule has 0 aliphatic heterocycles. The number of ether oxygens (including phenoxy) is 2. The molecule has 4 heteroatoms. The third-order valence-electron chi connectivity index (χ3n) is 2.95. The van der Waals surface area contributed by atoms with Crippen LogP contribution >= 0.6 is 0 Å². The second-order valence-electron chi connectivity index (χ2n) is 4.99. The van der Waals surface area contributed by atoms with Crippen LogP contribution in [0.25, 0.3) is 0 Å². The first-order valence-corrected chi connectivity index (χ1v) is 7.16. The van der Waals surface area contributed by atoms with Crippen LogP contribution in [0.1, 0.15) is 46.2 Å². The van der Waals surface area contributed by atoms with Crippen molar-refractivity contribution < 1.29 is 14.3 Å². The highest BCUT2D eigenvalue weighted by atomic mass is 16.5. The zero-order valence-electron chi connectivity index (χ0n) is 13.0. The lowest BCUT2D eigenvalue weighted by Gasteiger charge is -2.23. The molecule has 0 spiro atoms. The first-order valence-electron chi connectivity index (χ1n) is 7.16. The van der Waals surface area contributed by atoms with Crippen molar-refractivity contribution in [1.82, 2.24) is 5.32 Å². The number of hydrogen-bond acceptors (Lipinski definition) is 3. The molecule has 0 heterocycles. The van der Waals surface area contributed by atoms with Crippen LogP contribution in [0.15, 0.2) is 18.2 Å². The summed E-state index contributed by atoms with van der Waals surface area (Å²) in [7, 11) is 0. The largest absolute Gasteiger partial charge is 0.490 e. The molecule has 1 amide bonds. The molecule has 0 aliphatic rings. The van der Waals surface area contributed by atoms with Crippen LogP contribution in [0.3, 0.4) is 0 Å². The van der Waals surface area contributed by atoms with Gasteiger partial charge in [0.05, 0.1) is 19.3 Å². The third kappa shape index (κ3) is 4.44. The lowest BCUT2D eigenvalue weighted by molar-refractivity contribution is -0.120. The van der Waals surface area contributed by atoms with E-state index in [1.165, 1.54) is 6.92 Å². The van der Waals surface area contributed by atoms with Gasteiger partial charge in [-0.2, -0.15) is 0 Å². The molecule has 1 aromatic carbocycles. The molecule has 0 aliphatic carbocycles. The Morgan fingerprint density at radius 3 is 2.25 bits per heavy atom. The van der Waals surface area contributed by atoms with Crippen molar-refractivity contribution in [2.45, 2.75) is 40.7 Å². The summed E-state index contributed by atoms with van der Waals surface area (Å²) in [5.41, 5.74) is 1.03. The first-order chi connectivity index (χ1) is 9.49. The molecular formula is C16H25NO3. The van der Waals surface area contributed by atoms with Crippen molar-refractivity contribution in [3.8, 4) is 11.5 Å². The summed E-state index contributed by atoms with van der Waals surface area (Å²) in [5, 5.41) is 2.98. The highest BCUT2D eigenvalue weighted by Crippen LogP contribution is 2.32. The average Bonchev–Trinajstić information content (AvgIpc) is 2.38. The molecule has 0 bridgehead atoms. The van der Waals surface area contributed by atoms with Crippen LogP contribution in [-0.2, 0) is 4.79 Å². The van der Waals surface area contributed by atoms with Gasteiger partial charge in [-0.3, -0.25) is 4.79 Å². The van der Waals surface area contributed by atoms with Crippen molar-refractivity contribution in [2.24, 2.45) is 5.92 Å². The van der Waals surface area contributed by atoms with Gasteiger partial charge in [0, 0.05) is 6.92 Å². The molecular weight excluding hydrogens is 254 g/mol. The molecule has 4 nitrogen and oxygen atoms in total. The Hall–Kier alpha value is -1.71. The Bertz CT molecular complexity index is 443. The lowest BCUT2D eigenvalue weighted by Crippen LogP contribution is -2.29. The van der Waals surface area contributed by atoms with Gasteiger partial charge in [0.1, 0.15) is 0 Å². The normalized spacial score (nSPS) is 12.1. The Morgan fingerprint density at radius 1 is 1.15 bits per heavy atom. The molecule has 0 aromatic heterocycles. The molecule has 1 atom stereocenters. The summed E-state index contributed by atoms with van der Waals surface area (Å²) < 4.78 is 11.2. The minimum absolute atomic E-state index is 0.0256. The Balaban J connectivity index is 3.09. The predicted octanol–water partition coefficient (Wildman–Crippen LogP) is 3.32. The summed E-state index contributed by atoms with van der Waals surface area (Å²) >= 11 is 0. The lowest BCUT2D eigenvalue weighted by atomic mass is 9.95. The van der Waals surface area contributed by atoms with Crippen molar-refractivity contribution in [1.29, 1.82) is 0 Å². The maximum absolute atomic E-state index is 11.3. The molecule has 0 radical (unpaired) electrons. The average molecular weight is 279 g/mol. The highest BCUT2D eigenvalue weighted by molar-refractivity contribution is 5.73. The fourth-order valence-corrected chi connectivity index (χ4v) is 2.12. The number of amides is 1. The fraction of sp³-hybridized carbons (Fsp3) is 0.562. The van der Waals surface area contributed by atoms with Crippen LogP contribution in [0.5, 0.6) is 11.5 Å². The van der Waals surface area contributed by atoms with E-state index in [0.29, 0.717) is 19.1 Å². The number of rotatable bonds is 7. The number of carbonyl (C=O) groups excluding carboxylic acids is 1. The van der Waals surface area contributed by atoms with Crippen LogP contribution in [0.2, 0.25) is 0 Å². The molecule has 0 saturated carbocycles. The smallest absolute Gasteiger partial charge is 0.217 e. The van der Waals surface area contributed by atoms with Crippen molar-refractivity contribution in [2.75, 3.05) is 13.2 Å². The molecule has 1 N–H and O–H groups in total. The van der Waals surface area contributed by atoms with Gasteiger partial charge in [0.2, 0.25) is 5.91 Å². The van der Waals surface area contributed by atoms with Gasteiger partial charge in [0.25, 0.3) is 0 Å². The van der Waals surface area contributed by atoms with E-state index in [1.807, 2.05) is 32.0 Å². The summed E-state index contributed by atoms with van der Waals surface area (Å²) in [4.78, 5) is 11.3. The number of carbonyl (C=O) groups is 1. The Labute approximate surface area is 121 Å². The van der Waals surface area contributed by atoms with Crippen LogP contribution < -0.4 is 14.8 Å². The van der Waals surface area contributed by atoms with Gasteiger partial charge in [-0.15, -0.1) is 0 Å². The van der Waals surface area contributed by atoms with Crippen molar-refractivity contribution >= 4 is 5.91 Å². The maximum atomic E-state index is 11.3. The van der Waals surface area contributed by atoms with E-state index in [4.69, 9.17) is 9.47 Å². The second kappa shape index (κ2) is 7.78. The number of nitrogens with one attached hydrogen (secondary N) is 1. The SMILES string of the molecule is CCOc1ccc(C(NC(C)=O)C(C)C)cc1OCC. The van der Waals surface area contributed by atoms with E-state index in [1.54, 1.807) is 0 Å². The minimum atomic E-state index is -0.0319. The summed E-state index contributed by atoms with van der Waals surface area (Å²) in [6.07, 6.45) is 0. The summed E-state index contributed by atoms with van der Waals surface area (Å²) in [6, 6.07) is 5.81. The molecule has 112 valence electrons. The second-order valence-corrected chi connectivity index (χ2v) is 4.99. The van der Waals surface area contributed by atoms with Crippen LogP contribution in [-0.4, -0.2) is 19.1 Å². The van der Waals surface area contributed by atoms with E-state index in [-0.39, 0.29) is 11.9 Å². The summed E-state index contributed by atoms with van der Waals surface area (Å²) in [5.74, 6) is 1.73. The maximum Gasteiger partial charge on any atom is 0.217 e. The molecule has 1 aromatic rings. The van der Waals surface area contributed by atoms with Gasteiger partial charge in [-0.25, -0.2) is 0 Å². The van der Waals surface area contributed by atoms with E-state index >= 15 is 0 Å². The monoisotopic (exact) mass is 279 g/mol. The predicted molar refractivity (Wildman–Crippen MR) is 80.2 cm³/mol. The topological polar surface area (TPSA) is 47.6 Å². The van der Waals surface area contributed by atoms with E-state index < -0.39 is 0 Å². The number of benzene rings is 1. The molecule has 0 saturated heterocycles. The molecule has 1 unspecified atom stereocenters. The Kier molecular flexibility index (Phi) is 6.36. The first kappa shape index (κ1) is 16.3. The van der Waals surface area contributed by atoms with E-state index in [9.17, 15) is 4.79 Å². The third-order valence-corrected chi connectivity index (χ3v) is 2.95. The highest BCUT2D eigenvalue weighted by Gasteiger charge is 2.18. The van der Waals surface area contributed by atoms with E-state index in [2.05, 4.69) is 19.2 Å².